The largest absolute Gasteiger partial charge is 0.502 e. The standard InChI is InChI=1S/C13H15F3O/c1-10(17-2)5-3-6-11-7-4-8-12(9-11)13(14,15)16/h4,7-9H,1,3,5-6H2,2H3. The van der Waals surface area contributed by atoms with E-state index in [0.29, 0.717) is 24.2 Å². The Morgan fingerprint density at radius 1 is 1.35 bits per heavy atom. The molecule has 0 atom stereocenters. The van der Waals surface area contributed by atoms with Crippen LogP contribution in [-0.4, -0.2) is 7.11 Å². The second kappa shape index (κ2) is 5.75. The zero-order chi connectivity index (χ0) is 12.9. The van der Waals surface area contributed by atoms with Crippen molar-refractivity contribution >= 4 is 0 Å². The van der Waals surface area contributed by atoms with Gasteiger partial charge in [0.15, 0.2) is 0 Å². The molecule has 1 nitrogen and oxygen atoms in total. The van der Waals surface area contributed by atoms with Crippen LogP contribution in [0.15, 0.2) is 36.6 Å². The van der Waals surface area contributed by atoms with Gasteiger partial charge in [0, 0.05) is 6.42 Å². The number of ether oxygens (including phenoxy) is 1. The van der Waals surface area contributed by atoms with Crippen molar-refractivity contribution < 1.29 is 17.9 Å². The SMILES string of the molecule is C=C(CCCc1cccc(C(F)(F)F)c1)OC. The first-order valence-electron chi connectivity index (χ1n) is 5.31. The van der Waals surface area contributed by atoms with Gasteiger partial charge < -0.3 is 4.74 Å². The summed E-state index contributed by atoms with van der Waals surface area (Å²) in [4.78, 5) is 0. The van der Waals surface area contributed by atoms with E-state index in [1.165, 1.54) is 19.2 Å². The third-order valence-corrected chi connectivity index (χ3v) is 2.46. The number of halogens is 3. The van der Waals surface area contributed by atoms with Crippen molar-refractivity contribution in [2.45, 2.75) is 25.4 Å². The Bertz CT molecular complexity index is 382. The number of methoxy groups -OCH3 is 1. The monoisotopic (exact) mass is 244 g/mol. The Morgan fingerprint density at radius 3 is 2.65 bits per heavy atom. The normalized spacial score (nSPS) is 11.3. The highest BCUT2D eigenvalue weighted by atomic mass is 19.4. The lowest BCUT2D eigenvalue weighted by molar-refractivity contribution is -0.137. The van der Waals surface area contributed by atoms with Crippen molar-refractivity contribution in [3.05, 3.63) is 47.7 Å². The van der Waals surface area contributed by atoms with Crippen LogP contribution in [-0.2, 0) is 17.3 Å². The smallest absolute Gasteiger partial charge is 0.416 e. The summed E-state index contributed by atoms with van der Waals surface area (Å²) in [5.41, 5.74) is 0.0873. The molecule has 1 rings (SSSR count). The van der Waals surface area contributed by atoms with Crippen LogP contribution in [0.1, 0.15) is 24.0 Å². The van der Waals surface area contributed by atoms with E-state index in [-0.39, 0.29) is 0 Å². The van der Waals surface area contributed by atoms with Gasteiger partial charge in [-0.2, -0.15) is 13.2 Å². The Kier molecular flexibility index (Phi) is 4.61. The van der Waals surface area contributed by atoms with Crippen molar-refractivity contribution in [2.75, 3.05) is 7.11 Å². The molecule has 0 spiro atoms. The van der Waals surface area contributed by atoms with Crippen LogP contribution in [0.2, 0.25) is 0 Å². The lowest BCUT2D eigenvalue weighted by Crippen LogP contribution is -2.05. The molecular weight excluding hydrogens is 229 g/mol. The average molecular weight is 244 g/mol. The maximum Gasteiger partial charge on any atom is 0.416 e. The van der Waals surface area contributed by atoms with Crippen LogP contribution in [0.5, 0.6) is 0 Å². The first kappa shape index (κ1) is 13.6. The van der Waals surface area contributed by atoms with Crippen LogP contribution in [0.4, 0.5) is 13.2 Å². The fourth-order valence-corrected chi connectivity index (χ4v) is 1.49. The molecule has 0 amide bonds. The lowest BCUT2D eigenvalue weighted by Gasteiger charge is -2.09. The van der Waals surface area contributed by atoms with Crippen LogP contribution in [0.3, 0.4) is 0 Å². The predicted octanol–water partition coefficient (Wildman–Crippen LogP) is 4.19. The van der Waals surface area contributed by atoms with Crippen LogP contribution >= 0.6 is 0 Å². The highest BCUT2D eigenvalue weighted by Crippen LogP contribution is 2.29. The van der Waals surface area contributed by atoms with Crippen LogP contribution < -0.4 is 0 Å². The molecule has 0 fully saturated rings. The van der Waals surface area contributed by atoms with Gasteiger partial charge in [0.05, 0.1) is 18.4 Å². The molecule has 0 radical (unpaired) electrons. The van der Waals surface area contributed by atoms with Gasteiger partial charge in [-0.1, -0.05) is 24.8 Å². The highest BCUT2D eigenvalue weighted by Gasteiger charge is 2.30. The minimum Gasteiger partial charge on any atom is -0.502 e. The lowest BCUT2D eigenvalue weighted by atomic mass is 10.0. The molecule has 1 aromatic rings. The fraction of sp³-hybridized carbons (Fsp3) is 0.385. The highest BCUT2D eigenvalue weighted by molar-refractivity contribution is 5.25. The van der Waals surface area contributed by atoms with E-state index in [2.05, 4.69) is 6.58 Å². The molecule has 0 unspecified atom stereocenters. The zero-order valence-electron chi connectivity index (χ0n) is 9.68. The maximum atomic E-state index is 12.4. The van der Waals surface area contributed by atoms with E-state index in [1.54, 1.807) is 6.07 Å². The summed E-state index contributed by atoms with van der Waals surface area (Å²) in [5, 5.41) is 0. The number of aryl methyl sites for hydroxylation is 1. The summed E-state index contributed by atoms with van der Waals surface area (Å²) in [6.45, 7) is 3.66. The molecule has 0 saturated carbocycles. The predicted molar refractivity (Wildman–Crippen MR) is 60.5 cm³/mol. The topological polar surface area (TPSA) is 9.23 Å². The summed E-state index contributed by atoms with van der Waals surface area (Å²) >= 11 is 0. The number of rotatable bonds is 5. The molecule has 0 N–H and O–H groups in total. The number of allylic oxidation sites excluding steroid dienone is 1. The summed E-state index contributed by atoms with van der Waals surface area (Å²) in [6, 6.07) is 5.40. The van der Waals surface area contributed by atoms with E-state index in [9.17, 15) is 13.2 Å². The summed E-state index contributed by atoms with van der Waals surface area (Å²) < 4.78 is 42.2. The van der Waals surface area contributed by atoms with Crippen molar-refractivity contribution in [2.24, 2.45) is 0 Å². The quantitative estimate of drug-likeness (QED) is 0.706. The maximum absolute atomic E-state index is 12.4. The molecule has 0 bridgehead atoms. The van der Waals surface area contributed by atoms with E-state index in [1.807, 2.05) is 0 Å². The van der Waals surface area contributed by atoms with Gasteiger partial charge in [-0.3, -0.25) is 0 Å². The van der Waals surface area contributed by atoms with Gasteiger partial charge >= 0.3 is 6.18 Å². The summed E-state index contributed by atoms with van der Waals surface area (Å²) in [5.74, 6) is 0.650. The molecule has 0 heterocycles. The Hall–Kier alpha value is -1.45. The number of hydrogen-bond acceptors (Lipinski definition) is 1. The molecule has 0 aliphatic carbocycles. The first-order chi connectivity index (χ1) is 7.93. The number of benzene rings is 1. The van der Waals surface area contributed by atoms with E-state index < -0.39 is 11.7 Å². The molecule has 4 heteroatoms. The Morgan fingerprint density at radius 2 is 2.06 bits per heavy atom. The fourth-order valence-electron chi connectivity index (χ4n) is 1.49. The van der Waals surface area contributed by atoms with Gasteiger partial charge in [-0.15, -0.1) is 0 Å². The first-order valence-corrected chi connectivity index (χ1v) is 5.31. The van der Waals surface area contributed by atoms with Gasteiger partial charge in [0.25, 0.3) is 0 Å². The summed E-state index contributed by atoms with van der Waals surface area (Å²) in [7, 11) is 1.53. The van der Waals surface area contributed by atoms with Crippen molar-refractivity contribution in [3.8, 4) is 0 Å². The molecule has 17 heavy (non-hydrogen) atoms. The van der Waals surface area contributed by atoms with Crippen molar-refractivity contribution in [1.29, 1.82) is 0 Å². The molecule has 0 aromatic heterocycles. The van der Waals surface area contributed by atoms with E-state index in [4.69, 9.17) is 4.74 Å². The Labute approximate surface area is 98.9 Å². The van der Waals surface area contributed by atoms with E-state index >= 15 is 0 Å². The second-order valence-electron chi connectivity index (χ2n) is 3.79. The molecule has 1 aromatic carbocycles. The molecule has 0 aliphatic rings. The molecule has 94 valence electrons. The minimum atomic E-state index is -4.27. The molecular formula is C13H15F3O. The van der Waals surface area contributed by atoms with E-state index in [0.717, 1.165) is 12.5 Å². The third kappa shape index (κ3) is 4.51. The van der Waals surface area contributed by atoms with Gasteiger partial charge in [0.2, 0.25) is 0 Å². The average Bonchev–Trinajstić information content (AvgIpc) is 2.28. The van der Waals surface area contributed by atoms with Gasteiger partial charge in [0.1, 0.15) is 0 Å². The van der Waals surface area contributed by atoms with Crippen molar-refractivity contribution in [3.63, 3.8) is 0 Å². The van der Waals surface area contributed by atoms with Crippen LogP contribution in [0, 0.1) is 0 Å². The number of alkyl halides is 3. The second-order valence-corrected chi connectivity index (χ2v) is 3.79. The summed E-state index contributed by atoms with van der Waals surface area (Å²) in [6.07, 6.45) is -2.29. The van der Waals surface area contributed by atoms with Gasteiger partial charge in [-0.05, 0) is 24.5 Å². The zero-order valence-corrected chi connectivity index (χ0v) is 9.68. The van der Waals surface area contributed by atoms with Crippen LogP contribution in [0.25, 0.3) is 0 Å². The molecule has 0 aliphatic heterocycles. The Balaban J connectivity index is 2.58. The molecule has 0 saturated heterocycles. The number of hydrogen-bond donors (Lipinski definition) is 0. The third-order valence-electron chi connectivity index (χ3n) is 2.46. The van der Waals surface area contributed by atoms with Gasteiger partial charge in [-0.25, -0.2) is 0 Å². The minimum absolute atomic E-state index is 0.590. The van der Waals surface area contributed by atoms with Crippen molar-refractivity contribution in [1.82, 2.24) is 0 Å².